The number of aromatic nitrogens is 2. The van der Waals surface area contributed by atoms with E-state index in [-0.39, 0.29) is 6.04 Å². The number of nitrogens with zero attached hydrogens (tertiary/aromatic N) is 2. The predicted molar refractivity (Wildman–Crippen MR) is 80.0 cm³/mol. The van der Waals surface area contributed by atoms with E-state index >= 15 is 0 Å². The van der Waals surface area contributed by atoms with Crippen molar-refractivity contribution in [3.63, 3.8) is 0 Å². The molecule has 2 N–H and O–H groups in total. The third kappa shape index (κ3) is 2.99. The lowest BCUT2D eigenvalue weighted by atomic mass is 10.0. The summed E-state index contributed by atoms with van der Waals surface area (Å²) in [6.45, 7) is 6.00. The smallest absolute Gasteiger partial charge is 0.0848 e. The molecule has 19 heavy (non-hydrogen) atoms. The zero-order chi connectivity index (χ0) is 14.0. The molecule has 0 amide bonds. The molecule has 0 saturated carbocycles. The van der Waals surface area contributed by atoms with Gasteiger partial charge in [0.2, 0.25) is 0 Å². The molecule has 2 aromatic rings. The normalized spacial score (nSPS) is 12.7. The van der Waals surface area contributed by atoms with Crippen molar-refractivity contribution >= 4 is 11.6 Å². The number of halogens is 1. The third-order valence-corrected chi connectivity index (χ3v) is 3.95. The molecule has 0 aliphatic heterocycles. The van der Waals surface area contributed by atoms with Gasteiger partial charge in [0.05, 0.1) is 22.1 Å². The lowest BCUT2D eigenvalue weighted by Gasteiger charge is -2.10. The fraction of sp³-hybridized carbons (Fsp3) is 0.400. The van der Waals surface area contributed by atoms with Gasteiger partial charge < -0.3 is 5.73 Å². The van der Waals surface area contributed by atoms with Crippen molar-refractivity contribution in [3.05, 3.63) is 46.2 Å². The van der Waals surface area contributed by atoms with E-state index in [1.54, 1.807) is 0 Å². The number of rotatable bonds is 4. The highest BCUT2D eigenvalue weighted by Crippen LogP contribution is 2.22. The first kappa shape index (κ1) is 14.1. The molecular weight excluding hydrogens is 258 g/mol. The monoisotopic (exact) mass is 277 g/mol. The maximum absolute atomic E-state index is 6.17. The van der Waals surface area contributed by atoms with Gasteiger partial charge in [0.1, 0.15) is 0 Å². The summed E-state index contributed by atoms with van der Waals surface area (Å²) in [5.41, 5.74) is 10.1. The summed E-state index contributed by atoms with van der Waals surface area (Å²) in [4.78, 5) is 0. The first-order chi connectivity index (χ1) is 9.02. The summed E-state index contributed by atoms with van der Waals surface area (Å²) in [5, 5.41) is 5.18. The molecule has 1 aromatic heterocycles. The van der Waals surface area contributed by atoms with Crippen LogP contribution in [0.2, 0.25) is 5.02 Å². The third-order valence-electron chi connectivity index (χ3n) is 3.41. The van der Waals surface area contributed by atoms with Crippen molar-refractivity contribution < 1.29 is 0 Å². The van der Waals surface area contributed by atoms with Gasteiger partial charge in [0.15, 0.2) is 0 Å². The molecule has 0 aliphatic rings. The van der Waals surface area contributed by atoms with E-state index < -0.39 is 0 Å². The zero-order valence-corrected chi connectivity index (χ0v) is 12.4. The molecule has 0 saturated heterocycles. The topological polar surface area (TPSA) is 43.8 Å². The van der Waals surface area contributed by atoms with Crippen molar-refractivity contribution in [2.24, 2.45) is 5.73 Å². The molecule has 0 radical (unpaired) electrons. The Morgan fingerprint density at radius 1 is 1.26 bits per heavy atom. The molecule has 0 fully saturated rings. The number of benzene rings is 1. The minimum atomic E-state index is 0.231. The van der Waals surface area contributed by atoms with Crippen LogP contribution in [0.4, 0.5) is 0 Å². The molecule has 1 heterocycles. The Morgan fingerprint density at radius 2 is 1.89 bits per heavy atom. The lowest BCUT2D eigenvalue weighted by Crippen LogP contribution is -2.21. The fourth-order valence-corrected chi connectivity index (χ4v) is 2.21. The van der Waals surface area contributed by atoms with Crippen molar-refractivity contribution in [1.82, 2.24) is 9.78 Å². The van der Waals surface area contributed by atoms with Gasteiger partial charge in [-0.1, -0.05) is 30.7 Å². The maximum atomic E-state index is 6.17. The zero-order valence-electron chi connectivity index (χ0n) is 11.7. The number of aryl methyl sites for hydroxylation is 1. The van der Waals surface area contributed by atoms with Gasteiger partial charge in [-0.25, -0.2) is 4.68 Å². The van der Waals surface area contributed by atoms with Crippen LogP contribution in [0, 0.1) is 13.8 Å². The van der Waals surface area contributed by atoms with Crippen molar-refractivity contribution in [2.75, 3.05) is 0 Å². The van der Waals surface area contributed by atoms with E-state index in [1.807, 2.05) is 18.5 Å². The van der Waals surface area contributed by atoms with Crippen LogP contribution in [0.15, 0.2) is 24.3 Å². The van der Waals surface area contributed by atoms with Gasteiger partial charge in [-0.2, -0.15) is 5.10 Å². The molecule has 1 aromatic carbocycles. The quantitative estimate of drug-likeness (QED) is 0.931. The molecule has 4 heteroatoms. The van der Waals surface area contributed by atoms with E-state index in [4.69, 9.17) is 17.3 Å². The molecule has 0 spiro atoms. The van der Waals surface area contributed by atoms with Crippen molar-refractivity contribution in [2.45, 2.75) is 39.7 Å². The van der Waals surface area contributed by atoms with Gasteiger partial charge in [-0.05, 0) is 44.4 Å². The van der Waals surface area contributed by atoms with Crippen LogP contribution in [0.25, 0.3) is 5.69 Å². The molecule has 1 atom stereocenters. The van der Waals surface area contributed by atoms with Crippen LogP contribution in [-0.4, -0.2) is 15.8 Å². The summed E-state index contributed by atoms with van der Waals surface area (Å²) in [6, 6.07) is 8.57. The average molecular weight is 278 g/mol. The Hall–Kier alpha value is -1.32. The minimum absolute atomic E-state index is 0.231. The summed E-state index contributed by atoms with van der Waals surface area (Å²) in [7, 11) is 0. The largest absolute Gasteiger partial charge is 0.327 e. The molecule has 102 valence electrons. The minimum Gasteiger partial charge on any atom is -0.327 e. The Labute approximate surface area is 119 Å². The van der Waals surface area contributed by atoms with E-state index in [0.717, 1.165) is 34.9 Å². The number of nitrogens with two attached hydrogens (primary N) is 1. The molecule has 0 bridgehead atoms. The first-order valence-corrected chi connectivity index (χ1v) is 6.97. The highest BCUT2D eigenvalue weighted by atomic mass is 35.5. The second-order valence-corrected chi connectivity index (χ2v) is 5.31. The Balaban J connectivity index is 2.25. The van der Waals surface area contributed by atoms with Crippen LogP contribution in [0.1, 0.15) is 30.3 Å². The van der Waals surface area contributed by atoms with Crippen LogP contribution in [-0.2, 0) is 6.42 Å². The van der Waals surface area contributed by atoms with Gasteiger partial charge in [-0.3, -0.25) is 0 Å². The van der Waals surface area contributed by atoms with E-state index in [9.17, 15) is 0 Å². The average Bonchev–Trinajstić information content (AvgIpc) is 2.67. The molecular formula is C15H20ClN3. The van der Waals surface area contributed by atoms with Crippen LogP contribution < -0.4 is 5.73 Å². The summed E-state index contributed by atoms with van der Waals surface area (Å²) in [6.07, 6.45) is 1.91. The Bertz CT molecular complexity index is 558. The van der Waals surface area contributed by atoms with Crippen molar-refractivity contribution in [3.8, 4) is 5.69 Å². The molecule has 3 nitrogen and oxygen atoms in total. The van der Waals surface area contributed by atoms with E-state index in [0.29, 0.717) is 0 Å². The van der Waals surface area contributed by atoms with Crippen LogP contribution >= 0.6 is 11.6 Å². The molecule has 2 rings (SSSR count). The molecule has 1 unspecified atom stereocenters. The second kappa shape index (κ2) is 5.76. The van der Waals surface area contributed by atoms with Crippen LogP contribution in [0.3, 0.4) is 0 Å². The summed E-state index contributed by atoms with van der Waals surface area (Å²) < 4.78 is 1.88. The molecule has 0 aliphatic carbocycles. The Kier molecular flexibility index (Phi) is 4.27. The SMILES string of the molecule is CCC(N)Cc1ccc(-n2nc(C)c(Cl)c2C)cc1. The van der Waals surface area contributed by atoms with E-state index in [1.165, 1.54) is 5.56 Å². The first-order valence-electron chi connectivity index (χ1n) is 6.59. The van der Waals surface area contributed by atoms with E-state index in [2.05, 4.69) is 36.3 Å². The number of hydrogen-bond acceptors (Lipinski definition) is 2. The predicted octanol–water partition coefficient (Wildman–Crippen LogP) is 3.42. The number of hydrogen-bond donors (Lipinski definition) is 1. The summed E-state index contributed by atoms with van der Waals surface area (Å²) >= 11 is 6.17. The standard InChI is InChI=1S/C15H20ClN3/c1-4-13(17)9-12-5-7-14(8-6-12)19-11(3)15(16)10(2)18-19/h5-8,13H,4,9,17H2,1-3H3. The van der Waals surface area contributed by atoms with Gasteiger partial charge >= 0.3 is 0 Å². The summed E-state index contributed by atoms with van der Waals surface area (Å²) in [5.74, 6) is 0. The Morgan fingerprint density at radius 3 is 2.37 bits per heavy atom. The second-order valence-electron chi connectivity index (χ2n) is 4.94. The maximum Gasteiger partial charge on any atom is 0.0848 e. The highest BCUT2D eigenvalue weighted by molar-refractivity contribution is 6.31. The van der Waals surface area contributed by atoms with Gasteiger partial charge in [0, 0.05) is 6.04 Å². The fourth-order valence-electron chi connectivity index (χ4n) is 2.10. The lowest BCUT2D eigenvalue weighted by molar-refractivity contribution is 0.646. The highest BCUT2D eigenvalue weighted by Gasteiger charge is 2.10. The van der Waals surface area contributed by atoms with Gasteiger partial charge in [0.25, 0.3) is 0 Å². The van der Waals surface area contributed by atoms with Gasteiger partial charge in [-0.15, -0.1) is 0 Å². The van der Waals surface area contributed by atoms with Crippen LogP contribution in [0.5, 0.6) is 0 Å². The van der Waals surface area contributed by atoms with Crippen molar-refractivity contribution in [1.29, 1.82) is 0 Å².